The van der Waals surface area contributed by atoms with Crippen molar-refractivity contribution in [2.45, 2.75) is 59.3 Å². The van der Waals surface area contributed by atoms with Gasteiger partial charge in [0.25, 0.3) is 11.5 Å². The molecule has 2 aliphatic heterocycles. The molecule has 3 heterocycles. The largest absolute Gasteiger partial charge is 0.355 e. The molecule has 0 saturated carbocycles. The molecule has 0 bridgehead atoms. The third-order valence-electron chi connectivity index (χ3n) is 6.97. The Morgan fingerprint density at radius 2 is 1.71 bits per heavy atom. The second-order valence-corrected chi connectivity index (χ2v) is 10.9. The standard InChI is InChI=1S/C26H37N5O2S2/c1-5-7-8-9-10-11-12-31-25(33)22(35-26(31)34)17-20-19(3)21(18-27)24(32)28(4)23(20)30-15-13-29(6-2)14-16-30/h17H,5-16H2,1-4H3. The molecule has 0 spiro atoms. The van der Waals surface area contributed by atoms with Crippen molar-refractivity contribution in [3.05, 3.63) is 31.9 Å². The highest BCUT2D eigenvalue weighted by Gasteiger charge is 2.33. The molecule has 9 heteroatoms. The number of amides is 1. The van der Waals surface area contributed by atoms with Gasteiger partial charge in [-0.05, 0) is 31.5 Å². The van der Waals surface area contributed by atoms with Gasteiger partial charge in [0, 0.05) is 45.3 Å². The highest BCUT2D eigenvalue weighted by molar-refractivity contribution is 8.26. The third-order valence-corrected chi connectivity index (χ3v) is 8.35. The summed E-state index contributed by atoms with van der Waals surface area (Å²) in [6, 6.07) is 2.08. The van der Waals surface area contributed by atoms with E-state index in [0.717, 1.165) is 56.9 Å². The van der Waals surface area contributed by atoms with E-state index in [-0.39, 0.29) is 17.0 Å². The summed E-state index contributed by atoms with van der Waals surface area (Å²) in [5.41, 5.74) is 1.20. The van der Waals surface area contributed by atoms with E-state index in [2.05, 4.69) is 29.7 Å². The normalized spacial score (nSPS) is 18.1. The van der Waals surface area contributed by atoms with Gasteiger partial charge in [-0.1, -0.05) is 69.9 Å². The van der Waals surface area contributed by atoms with Gasteiger partial charge < -0.3 is 9.80 Å². The van der Waals surface area contributed by atoms with Crippen LogP contribution in [0.3, 0.4) is 0 Å². The van der Waals surface area contributed by atoms with Crippen LogP contribution in [0.2, 0.25) is 0 Å². The number of likely N-dealkylation sites (N-methyl/N-ethyl adjacent to an activating group) is 1. The molecule has 0 unspecified atom stereocenters. The average Bonchev–Trinajstić information content (AvgIpc) is 3.12. The van der Waals surface area contributed by atoms with E-state index in [9.17, 15) is 14.9 Å². The fourth-order valence-corrected chi connectivity index (χ4v) is 6.03. The predicted octanol–water partition coefficient (Wildman–Crippen LogP) is 4.27. The average molecular weight is 516 g/mol. The number of thioether (sulfide) groups is 1. The van der Waals surface area contributed by atoms with Crippen LogP contribution in [-0.2, 0) is 11.8 Å². The summed E-state index contributed by atoms with van der Waals surface area (Å²) in [4.78, 5) is 33.1. The molecular formula is C26H37N5O2S2. The van der Waals surface area contributed by atoms with Gasteiger partial charge in [0.1, 0.15) is 21.8 Å². The second kappa shape index (κ2) is 12.7. The summed E-state index contributed by atoms with van der Waals surface area (Å²) in [5.74, 6) is 0.686. The Kier molecular flexibility index (Phi) is 9.96. The molecule has 0 N–H and O–H groups in total. The Labute approximate surface area is 218 Å². The van der Waals surface area contributed by atoms with Crippen molar-refractivity contribution in [2.75, 3.05) is 44.2 Å². The summed E-state index contributed by atoms with van der Waals surface area (Å²) >= 11 is 6.86. The van der Waals surface area contributed by atoms with Crippen LogP contribution in [-0.4, -0.2) is 63.9 Å². The number of rotatable bonds is 10. The van der Waals surface area contributed by atoms with Gasteiger partial charge in [-0.2, -0.15) is 5.26 Å². The first-order chi connectivity index (χ1) is 16.8. The van der Waals surface area contributed by atoms with Gasteiger partial charge >= 0.3 is 0 Å². The van der Waals surface area contributed by atoms with Crippen molar-refractivity contribution in [3.63, 3.8) is 0 Å². The van der Waals surface area contributed by atoms with Crippen LogP contribution in [0.5, 0.6) is 0 Å². The molecule has 0 aromatic carbocycles. The number of nitriles is 1. The van der Waals surface area contributed by atoms with Gasteiger partial charge in [-0.3, -0.25) is 19.1 Å². The number of anilines is 1. The fourth-order valence-electron chi connectivity index (χ4n) is 4.74. The van der Waals surface area contributed by atoms with Crippen molar-refractivity contribution < 1.29 is 4.79 Å². The van der Waals surface area contributed by atoms with Crippen LogP contribution in [0.1, 0.15) is 69.1 Å². The Morgan fingerprint density at radius 3 is 2.34 bits per heavy atom. The highest BCUT2D eigenvalue weighted by atomic mass is 32.2. The zero-order valence-electron chi connectivity index (χ0n) is 21.4. The third kappa shape index (κ3) is 6.16. The van der Waals surface area contributed by atoms with Crippen LogP contribution < -0.4 is 10.5 Å². The zero-order valence-corrected chi connectivity index (χ0v) is 23.1. The molecule has 1 aromatic rings. The van der Waals surface area contributed by atoms with Crippen molar-refractivity contribution in [2.24, 2.45) is 7.05 Å². The number of nitrogens with zero attached hydrogens (tertiary/aromatic N) is 5. The van der Waals surface area contributed by atoms with E-state index < -0.39 is 0 Å². The quantitative estimate of drug-likeness (QED) is 0.262. The number of aromatic nitrogens is 1. The topological polar surface area (TPSA) is 72.6 Å². The first kappa shape index (κ1) is 27.4. The van der Waals surface area contributed by atoms with Crippen LogP contribution in [0.4, 0.5) is 5.82 Å². The van der Waals surface area contributed by atoms with E-state index >= 15 is 0 Å². The lowest BCUT2D eigenvalue weighted by Crippen LogP contribution is -2.48. The van der Waals surface area contributed by atoms with Crippen molar-refractivity contribution in [1.29, 1.82) is 5.26 Å². The lowest BCUT2D eigenvalue weighted by atomic mass is 10.0. The van der Waals surface area contributed by atoms with Crippen molar-refractivity contribution in [3.8, 4) is 6.07 Å². The molecule has 0 radical (unpaired) electrons. The molecule has 35 heavy (non-hydrogen) atoms. The molecule has 1 amide bonds. The summed E-state index contributed by atoms with van der Waals surface area (Å²) in [5, 5.41) is 9.68. The zero-order chi connectivity index (χ0) is 25.5. The van der Waals surface area contributed by atoms with Gasteiger partial charge in [-0.25, -0.2) is 0 Å². The number of hydrogen-bond donors (Lipinski definition) is 0. The Hall–Kier alpha value is -2.15. The maximum Gasteiger partial charge on any atom is 0.270 e. The maximum atomic E-state index is 13.3. The lowest BCUT2D eigenvalue weighted by Gasteiger charge is -2.37. The van der Waals surface area contributed by atoms with Gasteiger partial charge in [0.15, 0.2) is 0 Å². The van der Waals surface area contributed by atoms with E-state index in [1.54, 1.807) is 23.4 Å². The number of pyridine rings is 1. The Balaban J connectivity index is 1.89. The first-order valence-corrected chi connectivity index (χ1v) is 13.9. The van der Waals surface area contributed by atoms with Gasteiger partial charge in [0.2, 0.25) is 0 Å². The SMILES string of the molecule is CCCCCCCCN1C(=O)C(=Cc2c(C)c(C#N)c(=O)n(C)c2N2CCN(CC)CC2)SC1=S. The van der Waals surface area contributed by atoms with Gasteiger partial charge in [-0.15, -0.1) is 0 Å². The Bertz CT molecular complexity index is 1080. The molecule has 0 aliphatic carbocycles. The van der Waals surface area contributed by atoms with Crippen LogP contribution >= 0.6 is 24.0 Å². The molecule has 0 atom stereocenters. The molecule has 1 aromatic heterocycles. The number of piperazine rings is 1. The fraction of sp³-hybridized carbons (Fsp3) is 0.615. The summed E-state index contributed by atoms with van der Waals surface area (Å²) < 4.78 is 2.15. The minimum atomic E-state index is -0.300. The summed E-state index contributed by atoms with van der Waals surface area (Å²) in [7, 11) is 1.71. The maximum absolute atomic E-state index is 13.3. The highest BCUT2D eigenvalue weighted by Crippen LogP contribution is 2.36. The number of thiocarbonyl (C=S) groups is 1. The van der Waals surface area contributed by atoms with E-state index in [1.807, 2.05) is 6.08 Å². The number of carbonyl (C=O) groups excluding carboxylic acids is 1. The molecule has 7 nitrogen and oxygen atoms in total. The van der Waals surface area contributed by atoms with E-state index in [1.165, 1.54) is 37.4 Å². The molecule has 2 saturated heterocycles. The first-order valence-electron chi connectivity index (χ1n) is 12.7. The molecular weight excluding hydrogens is 478 g/mol. The van der Waals surface area contributed by atoms with Gasteiger partial charge in [0.05, 0.1) is 4.91 Å². The molecule has 2 fully saturated rings. The van der Waals surface area contributed by atoms with Crippen LogP contribution in [0, 0.1) is 18.3 Å². The molecule has 2 aliphatic rings. The second-order valence-electron chi connectivity index (χ2n) is 9.24. The smallest absolute Gasteiger partial charge is 0.270 e. The van der Waals surface area contributed by atoms with Crippen LogP contribution in [0.25, 0.3) is 6.08 Å². The van der Waals surface area contributed by atoms with E-state index in [0.29, 0.717) is 21.3 Å². The minimum Gasteiger partial charge on any atom is -0.355 e. The minimum absolute atomic E-state index is 0.0814. The van der Waals surface area contributed by atoms with E-state index in [4.69, 9.17) is 12.2 Å². The van der Waals surface area contributed by atoms with Crippen molar-refractivity contribution in [1.82, 2.24) is 14.4 Å². The molecule has 190 valence electrons. The molecule has 3 rings (SSSR count). The Morgan fingerprint density at radius 1 is 1.06 bits per heavy atom. The summed E-state index contributed by atoms with van der Waals surface area (Å²) in [6.07, 6.45) is 8.76. The number of carbonyl (C=O) groups is 1. The lowest BCUT2D eigenvalue weighted by molar-refractivity contribution is -0.122. The monoisotopic (exact) mass is 515 g/mol. The predicted molar refractivity (Wildman–Crippen MR) is 149 cm³/mol. The number of hydrogen-bond acceptors (Lipinski definition) is 7. The van der Waals surface area contributed by atoms with Crippen molar-refractivity contribution >= 4 is 46.1 Å². The summed E-state index contributed by atoms with van der Waals surface area (Å²) in [6.45, 7) is 11.2. The number of unbranched alkanes of at least 4 members (excludes halogenated alkanes) is 5. The van der Waals surface area contributed by atoms with Crippen LogP contribution in [0.15, 0.2) is 9.70 Å².